The molecule has 4 saturated carbocycles. The molecule has 5 aliphatic rings. The molecule has 0 aromatic heterocycles. The summed E-state index contributed by atoms with van der Waals surface area (Å²) < 4.78 is 0. The number of hydrazine groups is 1. The van der Waals surface area contributed by atoms with Crippen LogP contribution in [0.25, 0.3) is 0 Å². The molecule has 5 fully saturated rings. The zero-order valence-electron chi connectivity index (χ0n) is 17.7. The van der Waals surface area contributed by atoms with Crippen molar-refractivity contribution in [3.63, 3.8) is 0 Å². The van der Waals surface area contributed by atoms with E-state index < -0.39 is 0 Å². The van der Waals surface area contributed by atoms with E-state index in [1.165, 1.54) is 30.4 Å². The average molecular weight is 398 g/mol. The Morgan fingerprint density at radius 3 is 2.34 bits per heavy atom. The van der Waals surface area contributed by atoms with Gasteiger partial charge in [-0.2, -0.15) is 0 Å². The van der Waals surface area contributed by atoms with Gasteiger partial charge >= 0.3 is 0 Å². The zero-order chi connectivity index (χ0) is 20.1. The maximum Gasteiger partial charge on any atom is 0.240 e. The first-order valence-corrected chi connectivity index (χ1v) is 11.5. The smallest absolute Gasteiger partial charge is 0.240 e. The number of benzene rings is 1. The van der Waals surface area contributed by atoms with E-state index in [4.69, 9.17) is 5.11 Å². The number of nitrogens with one attached hydrogen (secondary N) is 1. The molecule has 1 aromatic carbocycles. The van der Waals surface area contributed by atoms with Gasteiger partial charge in [-0.15, -0.1) is 0 Å². The van der Waals surface area contributed by atoms with Crippen LogP contribution in [0.15, 0.2) is 24.3 Å². The van der Waals surface area contributed by atoms with Crippen molar-refractivity contribution in [3.05, 3.63) is 35.4 Å². The lowest BCUT2D eigenvalue weighted by Crippen LogP contribution is -2.62. The molecule has 5 nitrogen and oxygen atoms in total. The molecule has 1 aliphatic heterocycles. The van der Waals surface area contributed by atoms with Crippen molar-refractivity contribution >= 4 is 5.91 Å². The number of aliphatic hydroxyl groups is 1. The van der Waals surface area contributed by atoms with Crippen LogP contribution < -0.4 is 5.43 Å². The number of piperazine rings is 1. The van der Waals surface area contributed by atoms with Crippen LogP contribution in [0.4, 0.5) is 0 Å². The highest BCUT2D eigenvalue weighted by atomic mass is 16.3. The van der Waals surface area contributed by atoms with Crippen LogP contribution in [0.2, 0.25) is 0 Å². The van der Waals surface area contributed by atoms with E-state index in [-0.39, 0.29) is 23.3 Å². The van der Waals surface area contributed by atoms with Gasteiger partial charge in [-0.1, -0.05) is 29.8 Å². The van der Waals surface area contributed by atoms with Crippen LogP contribution in [-0.2, 0) is 10.2 Å². The molecular formula is C24H35N3O2. The van der Waals surface area contributed by atoms with E-state index in [2.05, 4.69) is 46.5 Å². The molecule has 0 radical (unpaired) electrons. The number of β-amino-alcohol motifs (C(OH)–C–C–N with tert-alkyl or cyclic N) is 1. The first-order valence-electron chi connectivity index (χ1n) is 11.5. The number of carbonyl (C=O) groups excluding carboxylic acids is 1. The van der Waals surface area contributed by atoms with Gasteiger partial charge in [0.2, 0.25) is 5.91 Å². The van der Waals surface area contributed by atoms with Crippen molar-refractivity contribution in [3.8, 4) is 0 Å². The van der Waals surface area contributed by atoms with Crippen molar-refractivity contribution in [1.82, 2.24) is 15.3 Å². The molecule has 2 N–H and O–H groups in total. The van der Waals surface area contributed by atoms with Crippen LogP contribution in [0.1, 0.15) is 49.7 Å². The molecule has 158 valence electrons. The Labute approximate surface area is 174 Å². The largest absolute Gasteiger partial charge is 0.395 e. The minimum absolute atomic E-state index is 0.183. The number of rotatable bonds is 5. The number of aryl methyl sites for hydroxylation is 1. The fourth-order valence-corrected chi connectivity index (χ4v) is 7.26. The molecule has 29 heavy (non-hydrogen) atoms. The summed E-state index contributed by atoms with van der Waals surface area (Å²) >= 11 is 0. The van der Waals surface area contributed by atoms with Crippen LogP contribution in [0, 0.1) is 24.2 Å². The van der Waals surface area contributed by atoms with Crippen molar-refractivity contribution in [1.29, 1.82) is 0 Å². The third kappa shape index (κ3) is 3.51. The number of hydrogen-bond acceptors (Lipinski definition) is 4. The maximum absolute atomic E-state index is 13.6. The quantitative estimate of drug-likeness (QED) is 0.802. The first kappa shape index (κ1) is 19.5. The fraction of sp³-hybridized carbons (Fsp3) is 0.708. The second-order valence-electron chi connectivity index (χ2n) is 10.4. The van der Waals surface area contributed by atoms with Crippen LogP contribution >= 0.6 is 0 Å². The Morgan fingerprint density at radius 1 is 1.07 bits per heavy atom. The molecule has 1 saturated heterocycles. The minimum Gasteiger partial charge on any atom is -0.395 e. The van der Waals surface area contributed by atoms with Crippen molar-refractivity contribution in [2.24, 2.45) is 17.3 Å². The van der Waals surface area contributed by atoms with Gasteiger partial charge in [0.05, 0.1) is 12.0 Å². The SMILES string of the molecule is Cc1ccc(C23C[C@@H]4C[C@H](CC(C(=O)NN5CCN(CCO)CC5)(C4)C2)C3)cc1. The Hall–Kier alpha value is -1.43. The third-order valence-electron chi connectivity index (χ3n) is 8.25. The second kappa shape index (κ2) is 7.36. The number of nitrogens with zero attached hydrogens (tertiary/aromatic N) is 2. The predicted molar refractivity (Wildman–Crippen MR) is 113 cm³/mol. The summed E-state index contributed by atoms with van der Waals surface area (Å²) in [4.78, 5) is 15.9. The Kier molecular flexibility index (Phi) is 4.96. The summed E-state index contributed by atoms with van der Waals surface area (Å²) in [6.45, 7) is 6.60. The van der Waals surface area contributed by atoms with Crippen LogP contribution in [0.5, 0.6) is 0 Å². The first-order chi connectivity index (χ1) is 14.0. The molecule has 0 unspecified atom stereocenters. The average Bonchev–Trinajstić information content (AvgIpc) is 2.69. The standard InChI is InChI=1S/C24H35N3O2/c1-18-2-4-21(5-3-18)23-13-19-12-20(14-23)16-24(15-19,17-23)22(29)25-27-8-6-26(7-9-27)10-11-28/h2-5,19-20,28H,6-17H2,1H3,(H,25,29)/t19-,20-,23?,24?/m0/s1. The molecule has 4 aliphatic carbocycles. The normalized spacial score (nSPS) is 37.0. The summed E-state index contributed by atoms with van der Waals surface area (Å²) in [6, 6.07) is 9.14. The van der Waals surface area contributed by atoms with Gasteiger partial charge in [0.25, 0.3) is 0 Å². The highest BCUT2D eigenvalue weighted by molar-refractivity contribution is 5.83. The monoisotopic (exact) mass is 397 g/mol. The van der Waals surface area contributed by atoms with Gasteiger partial charge in [0.1, 0.15) is 0 Å². The van der Waals surface area contributed by atoms with E-state index in [0.29, 0.717) is 11.8 Å². The topological polar surface area (TPSA) is 55.8 Å². The number of aliphatic hydroxyl groups excluding tert-OH is 1. The zero-order valence-corrected chi connectivity index (χ0v) is 17.7. The molecule has 2 atom stereocenters. The lowest BCUT2D eigenvalue weighted by Gasteiger charge is -2.61. The van der Waals surface area contributed by atoms with Crippen LogP contribution in [-0.4, -0.2) is 60.3 Å². The number of hydrogen-bond donors (Lipinski definition) is 2. The van der Waals surface area contributed by atoms with Gasteiger partial charge in [-0.25, -0.2) is 5.01 Å². The van der Waals surface area contributed by atoms with Gasteiger partial charge in [0.15, 0.2) is 0 Å². The van der Waals surface area contributed by atoms with E-state index in [1.54, 1.807) is 0 Å². The van der Waals surface area contributed by atoms with Gasteiger partial charge < -0.3 is 5.11 Å². The summed E-state index contributed by atoms with van der Waals surface area (Å²) in [6.07, 6.45) is 7.03. The summed E-state index contributed by atoms with van der Waals surface area (Å²) in [5.74, 6) is 1.67. The fourth-order valence-electron chi connectivity index (χ4n) is 7.26. The Morgan fingerprint density at radius 2 is 1.72 bits per heavy atom. The Balaban J connectivity index is 1.32. The number of carbonyl (C=O) groups is 1. The van der Waals surface area contributed by atoms with E-state index in [0.717, 1.165) is 52.0 Å². The summed E-state index contributed by atoms with van der Waals surface area (Å²) in [5.41, 5.74) is 6.12. The van der Waals surface area contributed by atoms with Gasteiger partial charge in [0, 0.05) is 32.7 Å². The maximum atomic E-state index is 13.6. The van der Waals surface area contributed by atoms with Gasteiger partial charge in [-0.3, -0.25) is 15.1 Å². The minimum atomic E-state index is -0.183. The molecular weight excluding hydrogens is 362 g/mol. The molecule has 1 heterocycles. The summed E-state index contributed by atoms with van der Waals surface area (Å²) in [5, 5.41) is 11.3. The van der Waals surface area contributed by atoms with Crippen molar-refractivity contribution in [2.75, 3.05) is 39.3 Å². The highest BCUT2D eigenvalue weighted by Gasteiger charge is 2.61. The van der Waals surface area contributed by atoms with E-state index >= 15 is 0 Å². The summed E-state index contributed by atoms with van der Waals surface area (Å²) in [7, 11) is 0. The van der Waals surface area contributed by atoms with E-state index in [1.807, 2.05) is 0 Å². The second-order valence-corrected chi connectivity index (χ2v) is 10.4. The molecule has 1 aromatic rings. The van der Waals surface area contributed by atoms with Gasteiger partial charge in [-0.05, 0) is 68.3 Å². The molecule has 5 heteroatoms. The molecule has 1 amide bonds. The molecule has 0 spiro atoms. The highest BCUT2D eigenvalue weighted by Crippen LogP contribution is 2.65. The van der Waals surface area contributed by atoms with Crippen molar-refractivity contribution < 1.29 is 9.90 Å². The van der Waals surface area contributed by atoms with E-state index in [9.17, 15) is 4.79 Å². The Bertz CT molecular complexity index is 740. The lowest BCUT2D eigenvalue weighted by molar-refractivity contribution is -0.155. The lowest BCUT2D eigenvalue weighted by atomic mass is 9.42. The molecule has 4 bridgehead atoms. The number of amides is 1. The van der Waals surface area contributed by atoms with Crippen molar-refractivity contribution in [2.45, 2.75) is 50.9 Å². The molecule has 6 rings (SSSR count). The van der Waals surface area contributed by atoms with Crippen LogP contribution in [0.3, 0.4) is 0 Å². The third-order valence-corrected chi connectivity index (χ3v) is 8.25. The predicted octanol–water partition coefficient (Wildman–Crippen LogP) is 2.47.